The molecule has 0 bridgehead atoms. The fraction of sp³-hybridized carbons (Fsp3) is 0.600. The largest absolute Gasteiger partial charge is 0.382 e. The van der Waals surface area contributed by atoms with E-state index in [1.165, 1.54) is 12.8 Å². The van der Waals surface area contributed by atoms with Crippen molar-refractivity contribution in [2.45, 2.75) is 31.7 Å². The van der Waals surface area contributed by atoms with E-state index >= 15 is 0 Å². The van der Waals surface area contributed by atoms with Gasteiger partial charge in [0.25, 0.3) is 5.91 Å². The monoisotopic (exact) mass is 276 g/mol. The normalized spacial score (nSPS) is 15.6. The summed E-state index contributed by atoms with van der Waals surface area (Å²) in [5.74, 6) is -0.0133. The molecule has 1 heterocycles. The molecule has 5 nitrogen and oxygen atoms in total. The fourth-order valence-corrected chi connectivity index (χ4v) is 2.42. The third-order valence-corrected chi connectivity index (χ3v) is 3.58. The minimum Gasteiger partial charge on any atom is -0.382 e. The molecule has 0 spiro atoms. The molecule has 1 aromatic heterocycles. The second-order valence-electron chi connectivity index (χ2n) is 5.65. The van der Waals surface area contributed by atoms with Crippen LogP contribution < -0.4 is 10.6 Å². The molecule has 110 valence electrons. The average Bonchev–Trinajstić information content (AvgIpc) is 2.91. The van der Waals surface area contributed by atoms with Gasteiger partial charge >= 0.3 is 0 Å². The van der Waals surface area contributed by atoms with Crippen LogP contribution in [0.1, 0.15) is 36.0 Å². The van der Waals surface area contributed by atoms with E-state index in [0.717, 1.165) is 31.6 Å². The van der Waals surface area contributed by atoms with Gasteiger partial charge in [0.15, 0.2) is 0 Å². The lowest BCUT2D eigenvalue weighted by molar-refractivity contribution is 0.0937. The molecule has 1 saturated carbocycles. The highest BCUT2D eigenvalue weighted by atomic mass is 16.1. The Balaban J connectivity index is 1.89. The zero-order chi connectivity index (χ0) is 14.4. The van der Waals surface area contributed by atoms with Gasteiger partial charge in [-0.2, -0.15) is 0 Å². The lowest BCUT2D eigenvalue weighted by Crippen LogP contribution is -2.32. The van der Waals surface area contributed by atoms with Gasteiger partial charge in [0, 0.05) is 31.5 Å². The molecular formula is C15H24N4O. The van der Waals surface area contributed by atoms with Crippen LogP contribution >= 0.6 is 0 Å². The molecule has 0 saturated heterocycles. The van der Waals surface area contributed by atoms with Crippen LogP contribution in [0.25, 0.3) is 0 Å². The van der Waals surface area contributed by atoms with Gasteiger partial charge in [-0.1, -0.05) is 12.8 Å². The fourth-order valence-electron chi connectivity index (χ4n) is 2.42. The van der Waals surface area contributed by atoms with Crippen molar-refractivity contribution in [2.24, 2.45) is 0 Å². The van der Waals surface area contributed by atoms with Crippen LogP contribution in [0.4, 0.5) is 5.69 Å². The van der Waals surface area contributed by atoms with Crippen molar-refractivity contribution < 1.29 is 4.79 Å². The molecule has 1 aromatic rings. The maximum atomic E-state index is 12.1. The van der Waals surface area contributed by atoms with Gasteiger partial charge in [0.1, 0.15) is 0 Å². The molecule has 2 rings (SSSR count). The number of anilines is 1. The Kier molecular flexibility index (Phi) is 5.35. The van der Waals surface area contributed by atoms with Gasteiger partial charge in [0.2, 0.25) is 0 Å². The highest BCUT2D eigenvalue weighted by Crippen LogP contribution is 2.18. The summed E-state index contributed by atoms with van der Waals surface area (Å²) in [4.78, 5) is 18.4. The van der Waals surface area contributed by atoms with E-state index in [1.54, 1.807) is 12.4 Å². The molecule has 1 fully saturated rings. The topological polar surface area (TPSA) is 57.3 Å². The van der Waals surface area contributed by atoms with E-state index < -0.39 is 0 Å². The Labute approximate surface area is 120 Å². The lowest BCUT2D eigenvalue weighted by Gasteiger charge is -2.13. The van der Waals surface area contributed by atoms with Crippen molar-refractivity contribution in [1.82, 2.24) is 15.2 Å². The third-order valence-electron chi connectivity index (χ3n) is 3.58. The average molecular weight is 276 g/mol. The summed E-state index contributed by atoms with van der Waals surface area (Å²) in [7, 11) is 4.07. The molecule has 2 N–H and O–H groups in total. The van der Waals surface area contributed by atoms with Crippen LogP contribution in [0, 0.1) is 0 Å². The number of amides is 1. The SMILES string of the molecule is CN(C)CCNc1cncc(C(=O)NC2CCCC2)c1. The van der Waals surface area contributed by atoms with Crippen LogP contribution in [-0.2, 0) is 0 Å². The molecule has 0 aliphatic heterocycles. The Morgan fingerprint density at radius 1 is 1.35 bits per heavy atom. The third kappa shape index (κ3) is 4.49. The van der Waals surface area contributed by atoms with Crippen molar-refractivity contribution in [3.63, 3.8) is 0 Å². The zero-order valence-corrected chi connectivity index (χ0v) is 12.4. The highest BCUT2D eigenvalue weighted by molar-refractivity contribution is 5.94. The van der Waals surface area contributed by atoms with E-state index in [1.807, 2.05) is 20.2 Å². The van der Waals surface area contributed by atoms with Crippen molar-refractivity contribution in [2.75, 3.05) is 32.5 Å². The first-order valence-corrected chi connectivity index (χ1v) is 7.29. The summed E-state index contributed by atoms with van der Waals surface area (Å²) < 4.78 is 0. The molecule has 0 unspecified atom stereocenters. The standard InChI is InChI=1S/C15H24N4O/c1-19(2)8-7-17-14-9-12(10-16-11-14)15(20)18-13-5-3-4-6-13/h9-11,13,17H,3-8H2,1-2H3,(H,18,20). The molecular weight excluding hydrogens is 252 g/mol. The number of nitrogens with one attached hydrogen (secondary N) is 2. The van der Waals surface area contributed by atoms with Crippen LogP contribution in [0.2, 0.25) is 0 Å². The molecule has 1 amide bonds. The van der Waals surface area contributed by atoms with Gasteiger partial charge < -0.3 is 15.5 Å². The van der Waals surface area contributed by atoms with Gasteiger partial charge in [-0.25, -0.2) is 0 Å². The van der Waals surface area contributed by atoms with E-state index in [4.69, 9.17) is 0 Å². The summed E-state index contributed by atoms with van der Waals surface area (Å²) in [6, 6.07) is 2.21. The number of hydrogen-bond donors (Lipinski definition) is 2. The summed E-state index contributed by atoms with van der Waals surface area (Å²) in [5.41, 5.74) is 1.53. The van der Waals surface area contributed by atoms with Gasteiger partial charge in [-0.05, 0) is 33.0 Å². The van der Waals surface area contributed by atoms with E-state index in [0.29, 0.717) is 11.6 Å². The smallest absolute Gasteiger partial charge is 0.253 e. The summed E-state index contributed by atoms with van der Waals surface area (Å²) in [6.45, 7) is 1.78. The van der Waals surface area contributed by atoms with Crippen LogP contribution in [-0.4, -0.2) is 49.0 Å². The van der Waals surface area contributed by atoms with Crippen molar-refractivity contribution in [3.05, 3.63) is 24.0 Å². The lowest BCUT2D eigenvalue weighted by atomic mass is 10.2. The summed E-state index contributed by atoms with van der Waals surface area (Å²) in [6.07, 6.45) is 8.01. The van der Waals surface area contributed by atoms with E-state index in [9.17, 15) is 4.79 Å². The Hall–Kier alpha value is -1.62. The number of carbonyl (C=O) groups is 1. The second-order valence-corrected chi connectivity index (χ2v) is 5.65. The number of pyridine rings is 1. The minimum atomic E-state index is -0.0133. The Morgan fingerprint density at radius 2 is 2.10 bits per heavy atom. The molecule has 5 heteroatoms. The molecule has 0 radical (unpaired) electrons. The predicted octanol–water partition coefficient (Wildman–Crippen LogP) is 1.73. The first kappa shape index (κ1) is 14.8. The first-order valence-electron chi connectivity index (χ1n) is 7.29. The van der Waals surface area contributed by atoms with E-state index in [2.05, 4.69) is 20.5 Å². The van der Waals surface area contributed by atoms with Crippen molar-refractivity contribution >= 4 is 11.6 Å². The Morgan fingerprint density at radius 3 is 2.80 bits per heavy atom. The molecule has 1 aliphatic carbocycles. The van der Waals surface area contributed by atoms with Gasteiger partial charge in [-0.3, -0.25) is 9.78 Å². The van der Waals surface area contributed by atoms with Gasteiger partial charge in [0.05, 0.1) is 11.3 Å². The second kappa shape index (κ2) is 7.24. The molecule has 20 heavy (non-hydrogen) atoms. The predicted molar refractivity (Wildman–Crippen MR) is 81.0 cm³/mol. The number of aromatic nitrogens is 1. The number of carbonyl (C=O) groups excluding carboxylic acids is 1. The summed E-state index contributed by atoms with van der Waals surface area (Å²) >= 11 is 0. The van der Waals surface area contributed by atoms with Crippen molar-refractivity contribution in [3.8, 4) is 0 Å². The first-order chi connectivity index (χ1) is 9.65. The Bertz CT molecular complexity index is 441. The number of nitrogens with zero attached hydrogens (tertiary/aromatic N) is 2. The van der Waals surface area contributed by atoms with Crippen LogP contribution in [0.3, 0.4) is 0 Å². The molecule has 1 aliphatic rings. The van der Waals surface area contributed by atoms with Crippen LogP contribution in [0.5, 0.6) is 0 Å². The molecule has 0 atom stereocenters. The maximum Gasteiger partial charge on any atom is 0.253 e. The number of rotatable bonds is 6. The van der Waals surface area contributed by atoms with E-state index in [-0.39, 0.29) is 5.91 Å². The maximum absolute atomic E-state index is 12.1. The van der Waals surface area contributed by atoms with Gasteiger partial charge in [-0.15, -0.1) is 0 Å². The van der Waals surface area contributed by atoms with Crippen molar-refractivity contribution in [1.29, 1.82) is 0 Å². The number of likely N-dealkylation sites (N-methyl/N-ethyl adjacent to an activating group) is 1. The quantitative estimate of drug-likeness (QED) is 0.831. The van der Waals surface area contributed by atoms with Crippen LogP contribution in [0.15, 0.2) is 18.5 Å². The number of hydrogen-bond acceptors (Lipinski definition) is 4. The zero-order valence-electron chi connectivity index (χ0n) is 12.4. The minimum absolute atomic E-state index is 0.0133. The molecule has 0 aromatic carbocycles. The highest BCUT2D eigenvalue weighted by Gasteiger charge is 2.18. The summed E-state index contributed by atoms with van der Waals surface area (Å²) in [5, 5.41) is 6.36.